The summed E-state index contributed by atoms with van der Waals surface area (Å²) in [5.41, 5.74) is 6.10. The van der Waals surface area contributed by atoms with Crippen molar-refractivity contribution in [3.05, 3.63) is 33.8 Å². The molecule has 0 aromatic heterocycles. The quantitative estimate of drug-likeness (QED) is 0.876. The van der Waals surface area contributed by atoms with Crippen LogP contribution in [0.15, 0.2) is 22.7 Å². The molecule has 1 nitrogen and oxygen atoms in total. The van der Waals surface area contributed by atoms with E-state index in [1.807, 2.05) is 0 Å². The van der Waals surface area contributed by atoms with Crippen molar-refractivity contribution in [3.8, 4) is 0 Å². The molecular formula is C9H9BrF3N. The van der Waals surface area contributed by atoms with Gasteiger partial charge in [-0.15, -0.1) is 0 Å². The first-order valence-corrected chi connectivity index (χ1v) is 4.76. The van der Waals surface area contributed by atoms with Gasteiger partial charge in [-0.25, -0.2) is 0 Å². The summed E-state index contributed by atoms with van der Waals surface area (Å²) in [6.07, 6.45) is -5.12. The number of hydrogen-bond donors (Lipinski definition) is 1. The fraction of sp³-hybridized carbons (Fsp3) is 0.333. The van der Waals surface area contributed by atoms with Gasteiger partial charge in [0.1, 0.15) is 0 Å². The molecule has 14 heavy (non-hydrogen) atoms. The fourth-order valence-electron chi connectivity index (χ4n) is 1.17. The lowest BCUT2D eigenvalue weighted by Crippen LogP contribution is -2.14. The lowest BCUT2D eigenvalue weighted by Gasteiger charge is -2.10. The van der Waals surface area contributed by atoms with E-state index < -0.39 is 12.6 Å². The van der Waals surface area contributed by atoms with Crippen LogP contribution in [0.5, 0.6) is 0 Å². The minimum Gasteiger partial charge on any atom is -0.326 e. The molecule has 2 N–H and O–H groups in total. The molecule has 0 spiro atoms. The van der Waals surface area contributed by atoms with Gasteiger partial charge in [-0.3, -0.25) is 0 Å². The summed E-state index contributed by atoms with van der Waals surface area (Å²) in [4.78, 5) is 0. The van der Waals surface area contributed by atoms with Crippen LogP contribution in [0.4, 0.5) is 13.2 Å². The SMILES string of the molecule is NCc1ccc(Br)cc1CC(F)(F)F. The van der Waals surface area contributed by atoms with E-state index in [4.69, 9.17) is 5.73 Å². The highest BCUT2D eigenvalue weighted by Gasteiger charge is 2.28. The van der Waals surface area contributed by atoms with Crippen molar-refractivity contribution in [2.24, 2.45) is 5.73 Å². The van der Waals surface area contributed by atoms with Gasteiger partial charge < -0.3 is 5.73 Å². The van der Waals surface area contributed by atoms with Gasteiger partial charge >= 0.3 is 6.18 Å². The number of alkyl halides is 3. The third-order valence-corrected chi connectivity index (χ3v) is 2.27. The van der Waals surface area contributed by atoms with Crippen molar-refractivity contribution < 1.29 is 13.2 Å². The highest BCUT2D eigenvalue weighted by molar-refractivity contribution is 9.10. The molecule has 0 heterocycles. The van der Waals surface area contributed by atoms with Gasteiger partial charge in [0.05, 0.1) is 6.42 Å². The zero-order valence-electron chi connectivity index (χ0n) is 7.24. The van der Waals surface area contributed by atoms with Gasteiger partial charge in [-0.05, 0) is 23.3 Å². The molecule has 0 saturated carbocycles. The Labute approximate surface area is 88.2 Å². The summed E-state index contributed by atoms with van der Waals surface area (Å²) >= 11 is 3.12. The number of benzene rings is 1. The van der Waals surface area contributed by atoms with Crippen LogP contribution in [0.1, 0.15) is 11.1 Å². The van der Waals surface area contributed by atoms with Gasteiger partial charge in [-0.2, -0.15) is 13.2 Å². The van der Waals surface area contributed by atoms with E-state index in [0.29, 0.717) is 10.0 Å². The number of halogens is 4. The average molecular weight is 268 g/mol. The largest absolute Gasteiger partial charge is 0.393 e. The zero-order valence-corrected chi connectivity index (χ0v) is 8.82. The highest BCUT2D eigenvalue weighted by Crippen LogP contribution is 2.25. The maximum absolute atomic E-state index is 12.1. The van der Waals surface area contributed by atoms with Crippen molar-refractivity contribution in [1.82, 2.24) is 0 Å². The molecule has 0 radical (unpaired) electrons. The van der Waals surface area contributed by atoms with Crippen molar-refractivity contribution in [3.63, 3.8) is 0 Å². The molecule has 0 aliphatic rings. The summed E-state index contributed by atoms with van der Waals surface area (Å²) in [5, 5.41) is 0. The minimum absolute atomic E-state index is 0.124. The van der Waals surface area contributed by atoms with Crippen LogP contribution in [0.3, 0.4) is 0 Å². The first kappa shape index (κ1) is 11.5. The molecule has 0 fully saturated rings. The third kappa shape index (κ3) is 3.31. The van der Waals surface area contributed by atoms with E-state index in [0.717, 1.165) is 0 Å². The lowest BCUT2D eigenvalue weighted by atomic mass is 10.0. The molecule has 1 aromatic carbocycles. The molecule has 1 aromatic rings. The summed E-state index contributed by atoms with van der Waals surface area (Å²) in [7, 11) is 0. The second-order valence-electron chi connectivity index (χ2n) is 2.91. The first-order chi connectivity index (χ1) is 6.42. The van der Waals surface area contributed by atoms with E-state index in [-0.39, 0.29) is 12.1 Å². The van der Waals surface area contributed by atoms with Crippen LogP contribution in [0.2, 0.25) is 0 Å². The van der Waals surface area contributed by atoms with Gasteiger partial charge in [0.2, 0.25) is 0 Å². The molecular weight excluding hydrogens is 259 g/mol. The second kappa shape index (κ2) is 4.31. The van der Waals surface area contributed by atoms with Crippen LogP contribution >= 0.6 is 15.9 Å². The summed E-state index contributed by atoms with van der Waals surface area (Å²) in [6, 6.07) is 4.74. The number of nitrogens with two attached hydrogens (primary N) is 1. The summed E-state index contributed by atoms with van der Waals surface area (Å²) in [5.74, 6) is 0. The molecule has 0 unspecified atom stereocenters. The number of hydrogen-bond acceptors (Lipinski definition) is 1. The van der Waals surface area contributed by atoms with E-state index in [1.54, 1.807) is 12.1 Å². The smallest absolute Gasteiger partial charge is 0.326 e. The fourth-order valence-corrected chi connectivity index (χ4v) is 1.58. The monoisotopic (exact) mass is 267 g/mol. The molecule has 0 amide bonds. The molecule has 0 aliphatic heterocycles. The van der Waals surface area contributed by atoms with Gasteiger partial charge in [0, 0.05) is 11.0 Å². The molecule has 0 aliphatic carbocycles. The van der Waals surface area contributed by atoms with Crippen LogP contribution in [-0.4, -0.2) is 6.18 Å². The maximum Gasteiger partial charge on any atom is 0.393 e. The van der Waals surface area contributed by atoms with E-state index >= 15 is 0 Å². The van der Waals surface area contributed by atoms with E-state index in [2.05, 4.69) is 15.9 Å². The molecule has 0 saturated heterocycles. The summed E-state index contributed by atoms with van der Waals surface area (Å²) in [6.45, 7) is 0.124. The average Bonchev–Trinajstić information content (AvgIpc) is 2.01. The Bertz CT molecular complexity index is 322. The topological polar surface area (TPSA) is 26.0 Å². The van der Waals surface area contributed by atoms with Gasteiger partial charge in [0.15, 0.2) is 0 Å². The molecule has 5 heteroatoms. The van der Waals surface area contributed by atoms with Crippen molar-refractivity contribution in [2.45, 2.75) is 19.1 Å². The molecule has 1 rings (SSSR count). The Hall–Kier alpha value is -0.550. The van der Waals surface area contributed by atoms with Gasteiger partial charge in [-0.1, -0.05) is 22.0 Å². The van der Waals surface area contributed by atoms with Crippen LogP contribution in [0, 0.1) is 0 Å². The predicted molar refractivity (Wildman–Crippen MR) is 51.8 cm³/mol. The second-order valence-corrected chi connectivity index (χ2v) is 3.82. The van der Waals surface area contributed by atoms with E-state index in [1.165, 1.54) is 6.07 Å². The maximum atomic E-state index is 12.1. The van der Waals surface area contributed by atoms with Gasteiger partial charge in [0.25, 0.3) is 0 Å². The molecule has 0 atom stereocenters. The van der Waals surface area contributed by atoms with Crippen molar-refractivity contribution in [1.29, 1.82) is 0 Å². The highest BCUT2D eigenvalue weighted by atomic mass is 79.9. The Morgan fingerprint density at radius 2 is 1.86 bits per heavy atom. The first-order valence-electron chi connectivity index (χ1n) is 3.96. The Morgan fingerprint density at radius 3 is 2.36 bits per heavy atom. The Balaban J connectivity index is 2.99. The van der Waals surface area contributed by atoms with E-state index in [9.17, 15) is 13.2 Å². The van der Waals surface area contributed by atoms with Crippen LogP contribution in [-0.2, 0) is 13.0 Å². The van der Waals surface area contributed by atoms with Crippen molar-refractivity contribution in [2.75, 3.05) is 0 Å². The summed E-state index contributed by atoms with van der Waals surface area (Å²) < 4.78 is 37.0. The third-order valence-electron chi connectivity index (χ3n) is 1.78. The predicted octanol–water partition coefficient (Wildman–Crippen LogP) is 3.01. The normalized spacial score (nSPS) is 11.8. The van der Waals surface area contributed by atoms with Crippen molar-refractivity contribution >= 4 is 15.9 Å². The molecule has 78 valence electrons. The van der Waals surface area contributed by atoms with Crippen LogP contribution < -0.4 is 5.73 Å². The number of rotatable bonds is 2. The zero-order chi connectivity index (χ0) is 10.8. The standard InChI is InChI=1S/C9H9BrF3N/c10-8-2-1-6(5-14)7(3-8)4-9(11,12)13/h1-3H,4-5,14H2. The lowest BCUT2D eigenvalue weighted by molar-refractivity contribution is -0.127. The molecule has 0 bridgehead atoms. The Kier molecular flexibility index (Phi) is 3.55. The Morgan fingerprint density at radius 1 is 1.21 bits per heavy atom. The minimum atomic E-state index is -4.19. The van der Waals surface area contributed by atoms with Crippen LogP contribution in [0.25, 0.3) is 0 Å².